The summed E-state index contributed by atoms with van der Waals surface area (Å²) < 4.78 is 6.89. The highest BCUT2D eigenvalue weighted by molar-refractivity contribution is 7.99. The summed E-state index contributed by atoms with van der Waals surface area (Å²) in [5.74, 6) is 0.971. The Hall–Kier alpha value is -2.32. The molecule has 0 fully saturated rings. The third-order valence-electron chi connectivity index (χ3n) is 4.87. The molecule has 6 nitrogen and oxygen atoms in total. The number of carbonyl (C=O) groups excluding carboxylic acids is 1. The molecule has 0 unspecified atom stereocenters. The third-order valence-corrected chi connectivity index (χ3v) is 6.94. The van der Waals surface area contributed by atoms with Crippen LogP contribution < -0.4 is 10.3 Å². The lowest BCUT2D eigenvalue weighted by Gasteiger charge is -2.18. The maximum atomic E-state index is 12.9. The second-order valence-electron chi connectivity index (χ2n) is 6.80. The van der Waals surface area contributed by atoms with E-state index in [2.05, 4.69) is 4.98 Å². The Morgan fingerprint density at radius 3 is 2.79 bits per heavy atom. The Bertz CT molecular complexity index is 1100. The number of thiophene rings is 1. The first-order valence-corrected chi connectivity index (χ1v) is 11.2. The summed E-state index contributed by atoms with van der Waals surface area (Å²) in [6, 6.07) is 7.67. The molecule has 1 aromatic carbocycles. The van der Waals surface area contributed by atoms with E-state index in [1.54, 1.807) is 23.6 Å². The van der Waals surface area contributed by atoms with Gasteiger partial charge in [0.2, 0.25) is 5.91 Å². The van der Waals surface area contributed by atoms with Crippen LogP contribution in [0.3, 0.4) is 0 Å². The quantitative estimate of drug-likeness (QED) is 0.420. The van der Waals surface area contributed by atoms with Crippen molar-refractivity contribution < 1.29 is 9.53 Å². The predicted octanol–water partition coefficient (Wildman–Crippen LogP) is 3.85. The van der Waals surface area contributed by atoms with Crippen LogP contribution in [0.4, 0.5) is 0 Å². The second-order valence-corrected chi connectivity index (χ2v) is 8.94. The summed E-state index contributed by atoms with van der Waals surface area (Å²) in [6.45, 7) is 6.89. The minimum atomic E-state index is -0.0287. The van der Waals surface area contributed by atoms with Gasteiger partial charge < -0.3 is 9.64 Å². The Morgan fingerprint density at radius 2 is 2.10 bits per heavy atom. The lowest BCUT2D eigenvalue weighted by molar-refractivity contribution is -0.127. The minimum absolute atomic E-state index is 0.0200. The summed E-state index contributed by atoms with van der Waals surface area (Å²) in [6.07, 6.45) is 0. The average Bonchev–Trinajstić information content (AvgIpc) is 3.00. The zero-order valence-electron chi connectivity index (χ0n) is 17.3. The van der Waals surface area contributed by atoms with Crippen molar-refractivity contribution in [1.82, 2.24) is 14.5 Å². The normalized spacial score (nSPS) is 11.1. The van der Waals surface area contributed by atoms with Crippen molar-refractivity contribution in [2.45, 2.75) is 39.0 Å². The van der Waals surface area contributed by atoms with Crippen molar-refractivity contribution >= 4 is 39.2 Å². The van der Waals surface area contributed by atoms with Crippen LogP contribution in [0.2, 0.25) is 0 Å². The minimum Gasteiger partial charge on any atom is -0.497 e. The van der Waals surface area contributed by atoms with E-state index < -0.39 is 0 Å². The van der Waals surface area contributed by atoms with Crippen molar-refractivity contribution in [3.05, 3.63) is 50.6 Å². The molecular weight excluding hydrogens is 406 g/mol. The standard InChI is InChI=1S/C21H25N3O3S2/c1-6-24-20(26)18-13(2)14(3)29-19(18)22-21(24)28-12-17(25)23(4)11-15-8-7-9-16(10-15)27-5/h7-10H,6,11-12H2,1-5H3. The van der Waals surface area contributed by atoms with Crippen molar-refractivity contribution in [3.8, 4) is 5.75 Å². The maximum Gasteiger partial charge on any atom is 0.263 e. The van der Waals surface area contributed by atoms with Crippen LogP contribution >= 0.6 is 23.1 Å². The van der Waals surface area contributed by atoms with Gasteiger partial charge in [0.05, 0.1) is 18.2 Å². The largest absolute Gasteiger partial charge is 0.497 e. The molecule has 0 saturated heterocycles. The summed E-state index contributed by atoms with van der Waals surface area (Å²) in [5, 5.41) is 1.29. The molecule has 0 aliphatic heterocycles. The SMILES string of the molecule is CCn1c(SCC(=O)N(C)Cc2cccc(OC)c2)nc2sc(C)c(C)c2c1=O. The average molecular weight is 432 g/mol. The molecule has 0 bridgehead atoms. The van der Waals surface area contributed by atoms with Gasteiger partial charge in [0.15, 0.2) is 5.16 Å². The van der Waals surface area contributed by atoms with Crippen LogP contribution in [-0.2, 0) is 17.9 Å². The van der Waals surface area contributed by atoms with E-state index in [0.29, 0.717) is 23.6 Å². The van der Waals surface area contributed by atoms with Gasteiger partial charge in [-0.3, -0.25) is 14.2 Å². The molecule has 154 valence electrons. The lowest BCUT2D eigenvalue weighted by atomic mass is 10.2. The van der Waals surface area contributed by atoms with Crippen LogP contribution in [0.1, 0.15) is 22.9 Å². The predicted molar refractivity (Wildman–Crippen MR) is 119 cm³/mol. The van der Waals surface area contributed by atoms with Crippen LogP contribution in [-0.4, -0.2) is 40.3 Å². The van der Waals surface area contributed by atoms with E-state index in [9.17, 15) is 9.59 Å². The number of hydrogen-bond donors (Lipinski definition) is 0. The number of fused-ring (bicyclic) bond motifs is 1. The monoisotopic (exact) mass is 431 g/mol. The first kappa shape index (κ1) is 21.4. The van der Waals surface area contributed by atoms with Crippen LogP contribution in [0.25, 0.3) is 10.2 Å². The molecule has 8 heteroatoms. The number of benzene rings is 1. The highest BCUT2D eigenvalue weighted by Crippen LogP contribution is 2.28. The molecular formula is C21H25N3O3S2. The van der Waals surface area contributed by atoms with Crippen molar-refractivity contribution in [1.29, 1.82) is 0 Å². The Morgan fingerprint density at radius 1 is 1.34 bits per heavy atom. The topological polar surface area (TPSA) is 64.4 Å². The van der Waals surface area contributed by atoms with Crippen LogP contribution in [0, 0.1) is 13.8 Å². The Labute approximate surface area is 178 Å². The zero-order chi connectivity index (χ0) is 21.1. The summed E-state index contributed by atoms with van der Waals surface area (Å²) in [4.78, 5) is 33.8. The number of nitrogens with zero attached hydrogens (tertiary/aromatic N) is 3. The van der Waals surface area contributed by atoms with E-state index in [1.165, 1.54) is 23.1 Å². The molecule has 0 aliphatic rings. The van der Waals surface area contributed by atoms with Gasteiger partial charge in [0.1, 0.15) is 10.6 Å². The molecule has 0 atom stereocenters. The van der Waals surface area contributed by atoms with Gasteiger partial charge in [-0.25, -0.2) is 4.98 Å². The van der Waals surface area contributed by atoms with Gasteiger partial charge in [0, 0.05) is 25.0 Å². The second kappa shape index (κ2) is 9.00. The van der Waals surface area contributed by atoms with Gasteiger partial charge >= 0.3 is 0 Å². The fourth-order valence-electron chi connectivity index (χ4n) is 3.07. The third kappa shape index (κ3) is 4.48. The molecule has 3 rings (SSSR count). The molecule has 2 heterocycles. The molecule has 2 aromatic heterocycles. The maximum absolute atomic E-state index is 12.9. The molecule has 0 aliphatic carbocycles. The van der Waals surface area contributed by atoms with E-state index in [-0.39, 0.29) is 17.2 Å². The summed E-state index contributed by atoms with van der Waals surface area (Å²) in [5.41, 5.74) is 1.97. The van der Waals surface area contributed by atoms with Gasteiger partial charge in [-0.1, -0.05) is 23.9 Å². The Balaban J connectivity index is 1.75. The first-order chi connectivity index (χ1) is 13.8. The van der Waals surface area contributed by atoms with Gasteiger partial charge in [-0.05, 0) is 44.0 Å². The lowest BCUT2D eigenvalue weighted by Crippen LogP contribution is -2.28. The molecule has 3 aromatic rings. The van der Waals surface area contributed by atoms with Crippen LogP contribution in [0.15, 0.2) is 34.2 Å². The molecule has 0 N–H and O–H groups in total. The highest BCUT2D eigenvalue weighted by atomic mass is 32.2. The number of hydrogen-bond acceptors (Lipinski definition) is 6. The fraction of sp³-hybridized carbons (Fsp3) is 0.381. The smallest absolute Gasteiger partial charge is 0.263 e. The number of amides is 1. The van der Waals surface area contributed by atoms with E-state index in [1.807, 2.05) is 45.0 Å². The van der Waals surface area contributed by atoms with Crippen molar-refractivity contribution in [2.75, 3.05) is 19.9 Å². The number of methoxy groups -OCH3 is 1. The van der Waals surface area contributed by atoms with E-state index >= 15 is 0 Å². The molecule has 0 saturated carbocycles. The van der Waals surface area contributed by atoms with Crippen LogP contribution in [0.5, 0.6) is 5.75 Å². The van der Waals surface area contributed by atoms with E-state index in [0.717, 1.165) is 26.6 Å². The summed E-state index contributed by atoms with van der Waals surface area (Å²) in [7, 11) is 3.40. The number of rotatable bonds is 7. The van der Waals surface area contributed by atoms with Crippen molar-refractivity contribution in [3.63, 3.8) is 0 Å². The van der Waals surface area contributed by atoms with Gasteiger partial charge in [0.25, 0.3) is 5.56 Å². The number of thioether (sulfide) groups is 1. The molecule has 0 radical (unpaired) electrons. The number of carbonyl (C=O) groups is 1. The number of aryl methyl sites for hydroxylation is 2. The van der Waals surface area contributed by atoms with Crippen molar-refractivity contribution in [2.24, 2.45) is 0 Å². The summed E-state index contributed by atoms with van der Waals surface area (Å²) >= 11 is 2.84. The number of ether oxygens (including phenoxy) is 1. The fourth-order valence-corrected chi connectivity index (χ4v) is 5.14. The zero-order valence-corrected chi connectivity index (χ0v) is 18.9. The van der Waals surface area contributed by atoms with Gasteiger partial charge in [-0.2, -0.15) is 0 Å². The Kier molecular flexibility index (Phi) is 6.64. The van der Waals surface area contributed by atoms with Gasteiger partial charge in [-0.15, -0.1) is 11.3 Å². The first-order valence-electron chi connectivity index (χ1n) is 9.35. The van der Waals surface area contributed by atoms with E-state index in [4.69, 9.17) is 4.74 Å². The number of aromatic nitrogens is 2. The molecule has 0 spiro atoms. The molecule has 29 heavy (non-hydrogen) atoms. The molecule has 1 amide bonds. The highest BCUT2D eigenvalue weighted by Gasteiger charge is 2.18.